The van der Waals surface area contributed by atoms with Gasteiger partial charge in [-0.25, -0.2) is 12.8 Å². The van der Waals surface area contributed by atoms with Crippen LogP contribution in [-0.2, 0) is 27.5 Å². The Bertz CT molecular complexity index is 1230. The minimum absolute atomic E-state index is 0.0350. The lowest BCUT2D eigenvalue weighted by Gasteiger charge is -2.25. The van der Waals surface area contributed by atoms with Gasteiger partial charge in [-0.3, -0.25) is 9.10 Å². The summed E-state index contributed by atoms with van der Waals surface area (Å²) in [6.45, 7) is -0.829. The van der Waals surface area contributed by atoms with E-state index in [0.29, 0.717) is 15.9 Å². The van der Waals surface area contributed by atoms with E-state index in [1.807, 2.05) is 0 Å². The second kappa shape index (κ2) is 9.80. The van der Waals surface area contributed by atoms with Crippen molar-refractivity contribution in [1.82, 2.24) is 5.32 Å². The average molecular weight is 501 g/mol. The van der Waals surface area contributed by atoms with Crippen molar-refractivity contribution < 1.29 is 30.8 Å². The van der Waals surface area contributed by atoms with Crippen molar-refractivity contribution in [3.05, 3.63) is 94.8 Å². The predicted octanol–water partition coefficient (Wildman–Crippen LogP) is 5.01. The molecule has 11 heteroatoms. The monoisotopic (exact) mass is 500 g/mol. The predicted molar refractivity (Wildman–Crippen MR) is 116 cm³/mol. The molecule has 3 aromatic rings. The lowest BCUT2D eigenvalue weighted by atomic mass is 10.2. The lowest BCUT2D eigenvalue weighted by Crippen LogP contribution is -2.40. The third-order valence-electron chi connectivity index (χ3n) is 4.56. The zero-order valence-corrected chi connectivity index (χ0v) is 18.4. The topological polar surface area (TPSA) is 66.5 Å². The number of hydrogen-bond acceptors (Lipinski definition) is 3. The second-order valence-corrected chi connectivity index (χ2v) is 9.16. The molecule has 0 aliphatic rings. The average Bonchev–Trinajstić information content (AvgIpc) is 2.77. The van der Waals surface area contributed by atoms with Crippen LogP contribution in [0.4, 0.5) is 23.2 Å². The Morgan fingerprint density at radius 3 is 2.21 bits per heavy atom. The standard InChI is InChI=1S/C22H17ClF4N2O3S/c23-20-11-10-17(12-19(20)22(25,26)27)29(33(31,32)18-4-2-1-3-5-18)14-21(30)28-13-15-6-8-16(24)9-7-15/h1-12H,13-14H2,(H,28,30). The number of nitrogens with one attached hydrogen (secondary N) is 1. The molecule has 0 heterocycles. The van der Waals surface area contributed by atoms with Crippen molar-refractivity contribution in [3.63, 3.8) is 0 Å². The van der Waals surface area contributed by atoms with Crippen LogP contribution in [0.15, 0.2) is 77.7 Å². The molecule has 0 unspecified atom stereocenters. The van der Waals surface area contributed by atoms with Crippen molar-refractivity contribution in [2.75, 3.05) is 10.8 Å². The largest absolute Gasteiger partial charge is 0.417 e. The van der Waals surface area contributed by atoms with Crippen LogP contribution in [0.5, 0.6) is 0 Å². The number of anilines is 1. The van der Waals surface area contributed by atoms with E-state index >= 15 is 0 Å². The molecule has 0 fully saturated rings. The number of rotatable bonds is 7. The molecule has 0 spiro atoms. The number of carbonyl (C=O) groups excluding carboxylic acids is 1. The number of carbonyl (C=O) groups is 1. The van der Waals surface area contributed by atoms with E-state index in [0.717, 1.165) is 12.1 Å². The van der Waals surface area contributed by atoms with Crippen LogP contribution >= 0.6 is 11.6 Å². The third kappa shape index (κ3) is 6.02. The van der Waals surface area contributed by atoms with Gasteiger partial charge in [0.2, 0.25) is 5.91 Å². The highest BCUT2D eigenvalue weighted by atomic mass is 35.5. The maximum Gasteiger partial charge on any atom is 0.417 e. The quantitative estimate of drug-likeness (QED) is 0.464. The number of nitrogens with zero attached hydrogens (tertiary/aromatic N) is 1. The molecule has 0 aliphatic heterocycles. The van der Waals surface area contributed by atoms with Gasteiger partial charge in [0.15, 0.2) is 0 Å². The minimum Gasteiger partial charge on any atom is -0.350 e. The molecule has 1 N–H and O–H groups in total. The molecule has 174 valence electrons. The fourth-order valence-electron chi connectivity index (χ4n) is 2.91. The zero-order chi connectivity index (χ0) is 24.2. The number of alkyl halides is 3. The summed E-state index contributed by atoms with van der Waals surface area (Å²) in [5.41, 5.74) is -1.07. The second-order valence-electron chi connectivity index (χ2n) is 6.89. The van der Waals surface area contributed by atoms with E-state index in [-0.39, 0.29) is 17.1 Å². The van der Waals surface area contributed by atoms with Gasteiger partial charge >= 0.3 is 6.18 Å². The summed E-state index contributed by atoms with van der Waals surface area (Å²) in [5.74, 6) is -1.24. The van der Waals surface area contributed by atoms with Gasteiger partial charge in [-0.2, -0.15) is 13.2 Å². The molecule has 0 saturated heterocycles. The van der Waals surface area contributed by atoms with Gasteiger partial charge in [0, 0.05) is 6.54 Å². The number of benzene rings is 3. The first kappa shape index (κ1) is 24.5. The summed E-state index contributed by atoms with van der Waals surface area (Å²) >= 11 is 5.66. The van der Waals surface area contributed by atoms with E-state index in [1.165, 1.54) is 48.5 Å². The fourth-order valence-corrected chi connectivity index (χ4v) is 4.57. The first-order valence-electron chi connectivity index (χ1n) is 9.44. The number of hydrogen-bond donors (Lipinski definition) is 1. The van der Waals surface area contributed by atoms with E-state index in [2.05, 4.69) is 5.32 Å². The maximum atomic E-state index is 13.4. The lowest BCUT2D eigenvalue weighted by molar-refractivity contribution is -0.137. The molecule has 0 aliphatic carbocycles. The Kier molecular flexibility index (Phi) is 7.28. The van der Waals surface area contributed by atoms with Crippen LogP contribution in [0.2, 0.25) is 5.02 Å². The van der Waals surface area contributed by atoms with E-state index in [1.54, 1.807) is 6.07 Å². The Morgan fingerprint density at radius 1 is 0.970 bits per heavy atom. The Hall–Kier alpha value is -3.11. The first-order valence-corrected chi connectivity index (χ1v) is 11.3. The van der Waals surface area contributed by atoms with E-state index in [9.17, 15) is 30.8 Å². The number of amides is 1. The van der Waals surface area contributed by atoms with Crippen LogP contribution in [0.3, 0.4) is 0 Å². The molecule has 0 aromatic heterocycles. The normalized spacial score (nSPS) is 11.8. The number of halogens is 5. The van der Waals surface area contributed by atoms with Crippen molar-refractivity contribution >= 4 is 33.2 Å². The minimum atomic E-state index is -4.83. The SMILES string of the molecule is O=C(CN(c1ccc(Cl)c(C(F)(F)F)c1)S(=O)(=O)c1ccccc1)NCc1ccc(F)cc1. The highest BCUT2D eigenvalue weighted by Crippen LogP contribution is 2.38. The van der Waals surface area contributed by atoms with Gasteiger partial charge in [-0.1, -0.05) is 41.9 Å². The molecule has 5 nitrogen and oxygen atoms in total. The first-order chi connectivity index (χ1) is 15.5. The summed E-state index contributed by atoms with van der Waals surface area (Å²) in [6, 6.07) is 14.8. The molecule has 3 aromatic carbocycles. The summed E-state index contributed by atoms with van der Waals surface area (Å²) in [4.78, 5) is 12.3. The summed E-state index contributed by atoms with van der Waals surface area (Å²) in [7, 11) is -4.40. The van der Waals surface area contributed by atoms with Gasteiger partial charge in [-0.15, -0.1) is 0 Å². The van der Waals surface area contributed by atoms with E-state index < -0.39 is 45.1 Å². The molecule has 0 radical (unpaired) electrons. The molecule has 33 heavy (non-hydrogen) atoms. The van der Waals surface area contributed by atoms with Crippen molar-refractivity contribution in [2.45, 2.75) is 17.6 Å². The smallest absolute Gasteiger partial charge is 0.350 e. The molecule has 3 rings (SSSR count). The van der Waals surface area contributed by atoms with Crippen LogP contribution in [0.25, 0.3) is 0 Å². The molecule has 0 atom stereocenters. The van der Waals surface area contributed by atoms with Crippen molar-refractivity contribution in [3.8, 4) is 0 Å². The van der Waals surface area contributed by atoms with Gasteiger partial charge in [0.1, 0.15) is 12.4 Å². The molecule has 0 bridgehead atoms. The molecule has 1 amide bonds. The van der Waals surface area contributed by atoms with Gasteiger partial charge in [0.05, 0.1) is 21.2 Å². The Labute approximate surface area is 192 Å². The maximum absolute atomic E-state index is 13.4. The van der Waals surface area contributed by atoms with Gasteiger partial charge in [0.25, 0.3) is 10.0 Å². The van der Waals surface area contributed by atoms with Crippen LogP contribution in [-0.4, -0.2) is 20.9 Å². The van der Waals surface area contributed by atoms with Crippen LogP contribution in [0.1, 0.15) is 11.1 Å². The van der Waals surface area contributed by atoms with Gasteiger partial charge < -0.3 is 5.32 Å². The van der Waals surface area contributed by atoms with Crippen molar-refractivity contribution in [1.29, 1.82) is 0 Å². The van der Waals surface area contributed by atoms with Crippen LogP contribution in [0, 0.1) is 5.82 Å². The highest BCUT2D eigenvalue weighted by molar-refractivity contribution is 7.92. The molecular formula is C22H17ClF4N2O3S. The Morgan fingerprint density at radius 2 is 1.61 bits per heavy atom. The van der Waals surface area contributed by atoms with Crippen LogP contribution < -0.4 is 9.62 Å². The molecular weight excluding hydrogens is 484 g/mol. The van der Waals surface area contributed by atoms with Gasteiger partial charge in [-0.05, 0) is 48.0 Å². The summed E-state index contributed by atoms with van der Waals surface area (Å²) in [6.07, 6.45) is -4.83. The number of sulfonamides is 1. The fraction of sp³-hybridized carbons (Fsp3) is 0.136. The van der Waals surface area contributed by atoms with Crippen molar-refractivity contribution in [2.24, 2.45) is 0 Å². The third-order valence-corrected chi connectivity index (χ3v) is 6.68. The summed E-state index contributed by atoms with van der Waals surface area (Å²) in [5, 5.41) is 1.88. The van der Waals surface area contributed by atoms with E-state index in [4.69, 9.17) is 11.6 Å². The molecule has 0 saturated carbocycles. The summed E-state index contributed by atoms with van der Waals surface area (Å²) < 4.78 is 80.1. The Balaban J connectivity index is 1.94. The highest BCUT2D eigenvalue weighted by Gasteiger charge is 2.35. The zero-order valence-electron chi connectivity index (χ0n) is 16.8.